The fourth-order valence-electron chi connectivity index (χ4n) is 3.29. The van der Waals surface area contributed by atoms with Crippen LogP contribution in [0.2, 0.25) is 0 Å². The van der Waals surface area contributed by atoms with Gasteiger partial charge in [0.1, 0.15) is 0 Å². The number of aromatic nitrogens is 3. The van der Waals surface area contributed by atoms with Crippen LogP contribution in [0.4, 0.5) is 0 Å². The lowest BCUT2D eigenvalue weighted by atomic mass is 10.0. The maximum absolute atomic E-state index is 12.5. The van der Waals surface area contributed by atoms with Crippen molar-refractivity contribution in [1.29, 1.82) is 0 Å². The van der Waals surface area contributed by atoms with Gasteiger partial charge < -0.3 is 5.32 Å². The molecule has 3 rings (SSSR count). The number of hydrogen-bond donors (Lipinski definition) is 1. The molecular formula is C19H28N4OS2. The summed E-state index contributed by atoms with van der Waals surface area (Å²) in [6, 6.07) is 5.75. The third-order valence-corrected chi connectivity index (χ3v) is 7.61. The molecule has 0 aromatic carbocycles. The van der Waals surface area contributed by atoms with Crippen LogP contribution < -0.4 is 5.32 Å². The van der Waals surface area contributed by atoms with E-state index in [0.29, 0.717) is 12.3 Å². The molecule has 3 heterocycles. The van der Waals surface area contributed by atoms with Gasteiger partial charge in [-0.15, -0.1) is 10.2 Å². The molecule has 5 nitrogen and oxygen atoms in total. The van der Waals surface area contributed by atoms with E-state index in [1.54, 1.807) is 0 Å². The van der Waals surface area contributed by atoms with Crippen LogP contribution in [-0.4, -0.2) is 31.5 Å². The Bertz CT molecular complexity index is 712. The molecule has 1 unspecified atom stereocenters. The van der Waals surface area contributed by atoms with Crippen molar-refractivity contribution in [3.05, 3.63) is 30.2 Å². The lowest BCUT2D eigenvalue weighted by Crippen LogP contribution is -2.30. The molecule has 0 saturated carbocycles. The van der Waals surface area contributed by atoms with Gasteiger partial charge in [0.05, 0.1) is 6.04 Å². The van der Waals surface area contributed by atoms with Gasteiger partial charge >= 0.3 is 0 Å². The highest BCUT2D eigenvalue weighted by Gasteiger charge is 2.21. The molecule has 2 aromatic heterocycles. The smallest absolute Gasteiger partial charge is 0.220 e. The Morgan fingerprint density at radius 3 is 3.00 bits per heavy atom. The lowest BCUT2D eigenvalue weighted by molar-refractivity contribution is -0.122. The molecule has 1 amide bonds. The Morgan fingerprint density at radius 2 is 2.23 bits per heavy atom. The van der Waals surface area contributed by atoms with Gasteiger partial charge in [-0.1, -0.05) is 47.9 Å². The highest BCUT2D eigenvalue weighted by molar-refractivity contribution is 8.77. The summed E-state index contributed by atoms with van der Waals surface area (Å²) >= 11 is 0. The van der Waals surface area contributed by atoms with Crippen LogP contribution in [0.25, 0.3) is 5.65 Å². The fourth-order valence-corrected chi connectivity index (χ4v) is 6.31. The number of amides is 1. The second kappa shape index (κ2) is 9.65. The van der Waals surface area contributed by atoms with Crippen LogP contribution in [0.5, 0.6) is 0 Å². The van der Waals surface area contributed by atoms with Crippen molar-refractivity contribution in [3.8, 4) is 0 Å². The molecule has 2 atom stereocenters. The molecule has 142 valence electrons. The highest BCUT2D eigenvalue weighted by atomic mass is 33.1. The number of rotatable bonds is 9. The normalized spacial score (nSPS) is 18.5. The summed E-state index contributed by atoms with van der Waals surface area (Å²) in [7, 11) is 4.00. The summed E-state index contributed by atoms with van der Waals surface area (Å²) in [4.78, 5) is 12.5. The van der Waals surface area contributed by atoms with Gasteiger partial charge in [-0.3, -0.25) is 9.20 Å². The molecule has 2 aromatic rings. The minimum atomic E-state index is -0.0957. The number of hydrogen-bond acceptors (Lipinski definition) is 5. The first-order valence-corrected chi connectivity index (χ1v) is 11.9. The van der Waals surface area contributed by atoms with Crippen LogP contribution in [-0.2, 0) is 4.79 Å². The van der Waals surface area contributed by atoms with Crippen molar-refractivity contribution in [2.24, 2.45) is 5.92 Å². The first-order valence-electron chi connectivity index (χ1n) is 9.51. The topological polar surface area (TPSA) is 59.3 Å². The number of nitrogens with zero attached hydrogens (tertiary/aromatic N) is 3. The maximum Gasteiger partial charge on any atom is 0.220 e. The molecule has 1 aliphatic rings. The number of unbranched alkanes of at least 4 members (excludes halogenated alkanes) is 1. The molecule has 7 heteroatoms. The van der Waals surface area contributed by atoms with Gasteiger partial charge in [-0.2, -0.15) is 0 Å². The van der Waals surface area contributed by atoms with Gasteiger partial charge in [0.15, 0.2) is 11.5 Å². The fraction of sp³-hybridized carbons (Fsp3) is 0.632. The Kier molecular flexibility index (Phi) is 7.25. The molecule has 0 spiro atoms. The van der Waals surface area contributed by atoms with Crippen LogP contribution in [0, 0.1) is 5.92 Å². The Morgan fingerprint density at radius 1 is 1.35 bits per heavy atom. The van der Waals surface area contributed by atoms with Crippen molar-refractivity contribution in [2.45, 2.75) is 63.7 Å². The summed E-state index contributed by atoms with van der Waals surface area (Å²) in [5, 5.41) is 12.6. The average Bonchev–Trinajstić information content (AvgIpc) is 3.27. The van der Waals surface area contributed by atoms with E-state index in [1.165, 1.54) is 18.6 Å². The van der Waals surface area contributed by atoms with E-state index >= 15 is 0 Å². The van der Waals surface area contributed by atoms with Gasteiger partial charge in [-0.25, -0.2) is 0 Å². The second-order valence-corrected chi connectivity index (χ2v) is 10.1. The largest absolute Gasteiger partial charge is 0.346 e. The van der Waals surface area contributed by atoms with Crippen LogP contribution in [0.15, 0.2) is 24.4 Å². The molecule has 1 N–H and O–H groups in total. The standard InChI is InChI=1S/C19H28N4OS2/c1-14(2)13-16(19-22-21-17-8-5-6-11-23(17)19)20-18(24)9-4-3-7-15-10-12-25-26-15/h5-6,8,11,14-16H,3-4,7,9-10,12-13H2,1-2H3,(H,20,24)/t15?,16-/m0/s1. The minimum Gasteiger partial charge on any atom is -0.346 e. The number of fused-ring (bicyclic) bond motifs is 1. The lowest BCUT2D eigenvalue weighted by Gasteiger charge is -2.19. The summed E-state index contributed by atoms with van der Waals surface area (Å²) < 4.78 is 1.97. The van der Waals surface area contributed by atoms with Crippen molar-refractivity contribution >= 4 is 33.1 Å². The van der Waals surface area contributed by atoms with Crippen LogP contribution in [0.3, 0.4) is 0 Å². The van der Waals surface area contributed by atoms with Gasteiger partial charge in [0.2, 0.25) is 5.91 Å². The SMILES string of the molecule is CC(C)C[C@H](NC(=O)CCCCC1CCSS1)c1nnc2ccccn12. The van der Waals surface area contributed by atoms with E-state index < -0.39 is 0 Å². The van der Waals surface area contributed by atoms with Crippen LogP contribution in [0.1, 0.15) is 64.2 Å². The molecule has 1 saturated heterocycles. The molecule has 26 heavy (non-hydrogen) atoms. The third kappa shape index (κ3) is 5.39. The first-order chi connectivity index (χ1) is 12.6. The van der Waals surface area contributed by atoms with E-state index in [0.717, 1.165) is 36.0 Å². The van der Waals surface area contributed by atoms with Crippen molar-refractivity contribution in [1.82, 2.24) is 19.9 Å². The molecule has 0 bridgehead atoms. The third-order valence-electron chi connectivity index (χ3n) is 4.60. The maximum atomic E-state index is 12.5. The van der Waals surface area contributed by atoms with Gasteiger partial charge in [0, 0.05) is 23.6 Å². The Labute approximate surface area is 163 Å². The summed E-state index contributed by atoms with van der Waals surface area (Å²) in [5.74, 6) is 2.69. The zero-order chi connectivity index (χ0) is 18.4. The number of carbonyl (C=O) groups excluding carboxylic acids is 1. The molecule has 1 aliphatic heterocycles. The van der Waals surface area contributed by atoms with Crippen molar-refractivity contribution in [2.75, 3.05) is 5.75 Å². The van der Waals surface area contributed by atoms with E-state index in [9.17, 15) is 4.79 Å². The van der Waals surface area contributed by atoms with E-state index in [1.807, 2.05) is 50.4 Å². The number of carbonyl (C=O) groups is 1. The van der Waals surface area contributed by atoms with E-state index in [4.69, 9.17) is 0 Å². The van der Waals surface area contributed by atoms with Gasteiger partial charge in [0.25, 0.3) is 0 Å². The predicted molar refractivity (Wildman–Crippen MR) is 110 cm³/mol. The zero-order valence-corrected chi connectivity index (χ0v) is 17.2. The van der Waals surface area contributed by atoms with Crippen LogP contribution >= 0.6 is 21.6 Å². The predicted octanol–water partition coefficient (Wildman–Crippen LogP) is 4.65. The summed E-state index contributed by atoms with van der Waals surface area (Å²) in [6.45, 7) is 4.33. The van der Waals surface area contributed by atoms with E-state index in [2.05, 4.69) is 29.4 Å². The van der Waals surface area contributed by atoms with Crippen molar-refractivity contribution < 1.29 is 4.79 Å². The summed E-state index contributed by atoms with van der Waals surface area (Å²) in [6.07, 6.45) is 8.05. The average molecular weight is 393 g/mol. The highest BCUT2D eigenvalue weighted by Crippen LogP contribution is 2.39. The Balaban J connectivity index is 1.55. The number of nitrogens with one attached hydrogen (secondary N) is 1. The first kappa shape index (κ1) is 19.5. The molecule has 1 fully saturated rings. The Hall–Kier alpha value is -1.21. The quantitative estimate of drug-likeness (QED) is 0.497. The molecular weight excluding hydrogens is 364 g/mol. The summed E-state index contributed by atoms with van der Waals surface area (Å²) in [5.41, 5.74) is 0.817. The van der Waals surface area contributed by atoms with Gasteiger partial charge in [-0.05, 0) is 43.7 Å². The monoisotopic (exact) mass is 392 g/mol. The second-order valence-electron chi connectivity index (χ2n) is 7.31. The van der Waals surface area contributed by atoms with E-state index in [-0.39, 0.29) is 11.9 Å². The number of pyridine rings is 1. The van der Waals surface area contributed by atoms with Crippen molar-refractivity contribution in [3.63, 3.8) is 0 Å². The zero-order valence-electron chi connectivity index (χ0n) is 15.6. The molecule has 0 radical (unpaired) electrons. The molecule has 0 aliphatic carbocycles. The minimum absolute atomic E-state index is 0.0957.